The van der Waals surface area contributed by atoms with Gasteiger partial charge in [0.2, 0.25) is 5.91 Å². The number of amides is 1. The average molecular weight is 731 g/mol. The molecule has 3 aromatic carbocycles. The van der Waals surface area contributed by atoms with Crippen LogP contribution >= 0.6 is 0 Å². The number of aryl methyl sites for hydroxylation is 2. The van der Waals surface area contributed by atoms with E-state index >= 15 is 4.39 Å². The summed E-state index contributed by atoms with van der Waals surface area (Å²) < 4.78 is 39.9. The minimum atomic E-state index is -0.388. The first-order valence-electron chi connectivity index (χ1n) is 17.6. The fraction of sp³-hybridized carbons (Fsp3) is 0.286. The van der Waals surface area contributed by atoms with E-state index in [4.69, 9.17) is 28.9 Å². The quantitative estimate of drug-likeness (QED) is 0.128. The fourth-order valence-electron chi connectivity index (χ4n) is 7.29. The Morgan fingerprint density at radius 1 is 0.907 bits per heavy atom. The zero-order chi connectivity index (χ0) is 38.1. The Morgan fingerprint density at radius 3 is 2.33 bits per heavy atom. The molecule has 3 heterocycles. The molecule has 1 aliphatic carbocycles. The van der Waals surface area contributed by atoms with Crippen LogP contribution in [0, 0.1) is 24.6 Å². The molecule has 11 nitrogen and oxygen atoms in total. The lowest BCUT2D eigenvalue weighted by Gasteiger charge is -2.27. The van der Waals surface area contributed by atoms with Crippen molar-refractivity contribution < 1.29 is 28.1 Å². The van der Waals surface area contributed by atoms with E-state index in [1.807, 2.05) is 81.0 Å². The highest BCUT2D eigenvalue weighted by Gasteiger charge is 2.53. The van der Waals surface area contributed by atoms with Crippen LogP contribution in [0.25, 0.3) is 22.0 Å². The van der Waals surface area contributed by atoms with Crippen LogP contribution in [0.15, 0.2) is 85.3 Å². The van der Waals surface area contributed by atoms with Crippen LogP contribution < -0.4 is 29.2 Å². The third-order valence-corrected chi connectivity index (χ3v) is 10.2. The molecule has 0 saturated heterocycles. The van der Waals surface area contributed by atoms with Gasteiger partial charge < -0.3 is 29.2 Å². The van der Waals surface area contributed by atoms with Crippen molar-refractivity contribution in [2.45, 2.75) is 32.9 Å². The molecule has 54 heavy (non-hydrogen) atoms. The van der Waals surface area contributed by atoms with Crippen molar-refractivity contribution in [1.82, 2.24) is 19.7 Å². The lowest BCUT2D eigenvalue weighted by molar-refractivity contribution is -0.117. The topological polar surface area (TPSA) is 113 Å². The van der Waals surface area contributed by atoms with Crippen LogP contribution in [-0.4, -0.2) is 54.1 Å². The number of fused-ring (bicyclic) bond motifs is 1. The van der Waals surface area contributed by atoms with Gasteiger partial charge >= 0.3 is 0 Å². The summed E-state index contributed by atoms with van der Waals surface area (Å²) in [6.45, 7) is 4.64. The van der Waals surface area contributed by atoms with Gasteiger partial charge in [0.15, 0.2) is 0 Å². The summed E-state index contributed by atoms with van der Waals surface area (Å²) in [6.07, 6.45) is 5.49. The van der Waals surface area contributed by atoms with E-state index in [0.29, 0.717) is 64.4 Å². The van der Waals surface area contributed by atoms with E-state index in [-0.39, 0.29) is 29.5 Å². The van der Waals surface area contributed by atoms with Gasteiger partial charge in [0.25, 0.3) is 0 Å². The van der Waals surface area contributed by atoms with Crippen LogP contribution in [-0.2, 0) is 24.9 Å². The number of anilines is 2. The van der Waals surface area contributed by atoms with Crippen molar-refractivity contribution in [2.24, 2.45) is 18.9 Å². The lowest BCUT2D eigenvalue weighted by atomic mass is 10.0. The van der Waals surface area contributed by atoms with Gasteiger partial charge in [-0.05, 0) is 77.4 Å². The van der Waals surface area contributed by atoms with Gasteiger partial charge in [-0.1, -0.05) is 19.1 Å². The maximum atomic E-state index is 15.7. The smallest absolute Gasteiger partial charge is 0.229 e. The van der Waals surface area contributed by atoms with Crippen molar-refractivity contribution in [1.29, 1.82) is 0 Å². The van der Waals surface area contributed by atoms with E-state index in [9.17, 15) is 4.79 Å². The summed E-state index contributed by atoms with van der Waals surface area (Å²) in [6, 6.07) is 20.0. The van der Waals surface area contributed by atoms with Gasteiger partial charge in [0.05, 0.1) is 40.3 Å². The Labute approximate surface area is 313 Å². The van der Waals surface area contributed by atoms with E-state index in [2.05, 4.69) is 22.2 Å². The number of rotatable bonds is 13. The number of carbonyl (C=O) groups is 1. The summed E-state index contributed by atoms with van der Waals surface area (Å²) in [7, 11) is 8.31. The molecule has 3 unspecified atom stereocenters. The number of nitrogens with zero attached hydrogens (tertiary/aromatic N) is 5. The molecule has 1 saturated carbocycles. The molecule has 1 N–H and O–H groups in total. The number of benzene rings is 3. The number of carbonyl (C=O) groups excluding carboxylic acids is 1. The summed E-state index contributed by atoms with van der Waals surface area (Å²) >= 11 is 0. The molecule has 12 heteroatoms. The second-order valence-electron chi connectivity index (χ2n) is 13.7. The first-order chi connectivity index (χ1) is 26.1. The standard InChI is InChI=1S/C42H43FN6O5/c1-24-9-8-10-34(43)38(24)35-15-28-16-37(47-42(50)40-25(2)39(40)29-19-45-48(3)22-29)44-20-33(28)41(46-35)49(21-26-13-31(52-5)17-32(14-26)53-6)23-27-11-12-30(51-4)18-36(27)54-7/h8-20,22,25,39-40H,21,23H2,1-7H3,(H,44,47,50). The lowest BCUT2D eigenvalue weighted by Crippen LogP contribution is -2.24. The van der Waals surface area contributed by atoms with Gasteiger partial charge in [-0.15, -0.1) is 0 Å². The van der Waals surface area contributed by atoms with Crippen LogP contribution in [0.3, 0.4) is 0 Å². The van der Waals surface area contributed by atoms with Crippen molar-refractivity contribution in [3.63, 3.8) is 0 Å². The van der Waals surface area contributed by atoms with Crippen LogP contribution in [0.4, 0.5) is 16.0 Å². The Hall–Kier alpha value is -6.17. The maximum Gasteiger partial charge on any atom is 0.229 e. The number of hydrogen-bond donors (Lipinski definition) is 1. The number of ether oxygens (including phenoxy) is 4. The monoisotopic (exact) mass is 730 g/mol. The van der Waals surface area contributed by atoms with Crippen molar-refractivity contribution in [3.05, 3.63) is 113 Å². The molecule has 0 bridgehead atoms. The Morgan fingerprint density at radius 2 is 1.67 bits per heavy atom. The average Bonchev–Trinajstić information content (AvgIpc) is 3.66. The zero-order valence-corrected chi connectivity index (χ0v) is 31.4. The fourth-order valence-corrected chi connectivity index (χ4v) is 7.29. The Balaban J connectivity index is 1.35. The minimum Gasteiger partial charge on any atom is -0.497 e. The normalized spacial score (nSPS) is 16.2. The van der Waals surface area contributed by atoms with Crippen LogP contribution in [0.2, 0.25) is 0 Å². The van der Waals surface area contributed by atoms with Gasteiger partial charge in [0.1, 0.15) is 40.5 Å². The van der Waals surface area contributed by atoms with Crippen molar-refractivity contribution >= 4 is 28.3 Å². The van der Waals surface area contributed by atoms with Crippen LogP contribution in [0.1, 0.15) is 35.1 Å². The molecule has 278 valence electrons. The molecule has 7 rings (SSSR count). The van der Waals surface area contributed by atoms with E-state index in [1.54, 1.807) is 45.4 Å². The molecule has 0 radical (unpaired) electrons. The SMILES string of the molecule is COc1cc(CN(Cc2ccc(OC)cc2OC)c2nc(-c3c(C)cccc3F)cc3cc(NC(=O)C4C(C)C4c4cnn(C)c4)ncc23)cc(OC)c1. The van der Waals surface area contributed by atoms with Crippen LogP contribution in [0.5, 0.6) is 23.0 Å². The highest BCUT2D eigenvalue weighted by atomic mass is 19.1. The number of nitrogens with one attached hydrogen (secondary N) is 1. The van der Waals surface area contributed by atoms with Gasteiger partial charge in [-0.3, -0.25) is 9.48 Å². The second kappa shape index (κ2) is 15.1. The Bertz CT molecular complexity index is 2300. The predicted octanol–water partition coefficient (Wildman–Crippen LogP) is 7.71. The zero-order valence-electron chi connectivity index (χ0n) is 31.4. The van der Waals surface area contributed by atoms with Gasteiger partial charge in [-0.25, -0.2) is 14.4 Å². The maximum absolute atomic E-state index is 15.7. The molecule has 6 aromatic rings. The molecule has 1 aliphatic rings. The molecule has 0 spiro atoms. The molecular weight excluding hydrogens is 687 g/mol. The van der Waals surface area contributed by atoms with Crippen molar-refractivity contribution in [3.8, 4) is 34.3 Å². The summed E-state index contributed by atoms with van der Waals surface area (Å²) in [5.41, 5.74) is 4.37. The molecule has 0 aliphatic heterocycles. The third kappa shape index (κ3) is 7.23. The predicted molar refractivity (Wildman–Crippen MR) is 206 cm³/mol. The second-order valence-corrected chi connectivity index (χ2v) is 13.7. The molecule has 1 amide bonds. The summed E-state index contributed by atoms with van der Waals surface area (Å²) in [4.78, 5) is 25.6. The van der Waals surface area contributed by atoms with E-state index < -0.39 is 0 Å². The third-order valence-electron chi connectivity index (χ3n) is 10.2. The van der Waals surface area contributed by atoms with Crippen molar-refractivity contribution in [2.75, 3.05) is 38.7 Å². The minimum absolute atomic E-state index is 0.0873. The molecular formula is C42H43FN6O5. The van der Waals surface area contributed by atoms with E-state index in [1.165, 1.54) is 6.07 Å². The largest absolute Gasteiger partial charge is 0.497 e. The highest BCUT2D eigenvalue weighted by molar-refractivity contribution is 5.99. The number of halogens is 1. The number of hydrogen-bond acceptors (Lipinski definition) is 9. The summed E-state index contributed by atoms with van der Waals surface area (Å²) in [5.74, 6) is 3.07. The van der Waals surface area contributed by atoms with E-state index in [0.717, 1.165) is 27.6 Å². The number of pyridine rings is 2. The molecule has 3 atom stereocenters. The highest BCUT2D eigenvalue weighted by Crippen LogP contribution is 2.54. The summed E-state index contributed by atoms with van der Waals surface area (Å²) in [5, 5.41) is 8.78. The first kappa shape index (κ1) is 36.2. The Kier molecular flexibility index (Phi) is 10.1. The molecule has 3 aromatic heterocycles. The number of methoxy groups -OCH3 is 4. The number of aromatic nitrogens is 4. The van der Waals surface area contributed by atoms with Gasteiger partial charge in [-0.2, -0.15) is 5.10 Å². The van der Waals surface area contributed by atoms with Gasteiger partial charge in [0, 0.05) is 73.0 Å². The molecule has 1 fully saturated rings. The first-order valence-corrected chi connectivity index (χ1v) is 17.6.